The minimum atomic E-state index is -0.295. The molecule has 0 aliphatic heterocycles. The van der Waals surface area contributed by atoms with Gasteiger partial charge in [0, 0.05) is 11.3 Å². The molecule has 2 aromatic rings. The molecule has 3 N–H and O–H groups in total. The molecular weight excluding hydrogens is 326 g/mol. The zero-order valence-corrected chi connectivity index (χ0v) is 14.3. The van der Waals surface area contributed by atoms with Gasteiger partial charge in [0.1, 0.15) is 11.5 Å². The average Bonchev–Trinajstić information content (AvgIpc) is 2.61. The van der Waals surface area contributed by atoms with Crippen LogP contribution in [-0.2, 0) is 0 Å². The van der Waals surface area contributed by atoms with Crippen LogP contribution >= 0.6 is 12.2 Å². The minimum Gasteiger partial charge on any atom is -0.497 e. The number of hydrazine groups is 1. The van der Waals surface area contributed by atoms with E-state index in [0.717, 1.165) is 17.2 Å². The molecule has 2 aromatic carbocycles. The van der Waals surface area contributed by atoms with Crippen molar-refractivity contribution in [3.8, 4) is 11.5 Å². The van der Waals surface area contributed by atoms with Gasteiger partial charge in [-0.25, -0.2) is 0 Å². The Hall–Kier alpha value is -2.80. The highest BCUT2D eigenvalue weighted by Crippen LogP contribution is 2.15. The lowest BCUT2D eigenvalue weighted by Gasteiger charge is -2.12. The molecule has 0 aliphatic carbocycles. The summed E-state index contributed by atoms with van der Waals surface area (Å²) in [5.74, 6) is 1.18. The van der Waals surface area contributed by atoms with Crippen LogP contribution in [0, 0.1) is 0 Å². The van der Waals surface area contributed by atoms with Gasteiger partial charge in [0.15, 0.2) is 5.11 Å². The Labute approximate surface area is 146 Å². The Morgan fingerprint density at radius 2 is 1.62 bits per heavy atom. The number of thiocarbonyl (C=S) groups is 1. The van der Waals surface area contributed by atoms with Crippen LogP contribution in [0.2, 0.25) is 0 Å². The SMILES string of the molecule is CCOc1ccc(C(=O)NNC(=S)Nc2ccc(OC)cc2)cc1. The fraction of sp³-hybridized carbons (Fsp3) is 0.176. The van der Waals surface area contributed by atoms with Crippen molar-refractivity contribution in [2.45, 2.75) is 6.92 Å². The standard InChI is InChI=1S/C17H19N3O3S/c1-3-23-15-8-4-12(5-9-15)16(21)19-20-17(24)18-13-6-10-14(22-2)11-7-13/h4-11H,3H2,1-2H3,(H,19,21)(H2,18,20,24). The normalized spacial score (nSPS) is 9.75. The molecule has 0 saturated carbocycles. The maximum Gasteiger partial charge on any atom is 0.269 e. The molecule has 0 bridgehead atoms. The topological polar surface area (TPSA) is 71.6 Å². The third-order valence-corrected chi connectivity index (χ3v) is 3.27. The summed E-state index contributed by atoms with van der Waals surface area (Å²) in [5.41, 5.74) is 6.47. The van der Waals surface area contributed by atoms with Crippen LogP contribution in [0.15, 0.2) is 48.5 Å². The third-order valence-electron chi connectivity index (χ3n) is 3.06. The van der Waals surface area contributed by atoms with Crippen molar-refractivity contribution < 1.29 is 14.3 Å². The number of hydrogen-bond donors (Lipinski definition) is 3. The highest BCUT2D eigenvalue weighted by atomic mass is 32.1. The predicted octanol–water partition coefficient (Wildman–Crippen LogP) is 2.73. The van der Waals surface area contributed by atoms with Crippen molar-refractivity contribution in [1.82, 2.24) is 10.9 Å². The lowest BCUT2D eigenvalue weighted by atomic mass is 10.2. The Bertz CT molecular complexity index is 687. The van der Waals surface area contributed by atoms with Gasteiger partial charge in [-0.15, -0.1) is 0 Å². The smallest absolute Gasteiger partial charge is 0.269 e. The van der Waals surface area contributed by atoms with Crippen LogP contribution in [0.3, 0.4) is 0 Å². The van der Waals surface area contributed by atoms with E-state index in [9.17, 15) is 4.79 Å². The van der Waals surface area contributed by atoms with Crippen LogP contribution in [0.5, 0.6) is 11.5 Å². The van der Waals surface area contributed by atoms with Crippen molar-refractivity contribution in [1.29, 1.82) is 0 Å². The van der Waals surface area contributed by atoms with E-state index < -0.39 is 0 Å². The number of ether oxygens (including phenoxy) is 2. The van der Waals surface area contributed by atoms with Gasteiger partial charge >= 0.3 is 0 Å². The first-order chi connectivity index (χ1) is 11.6. The van der Waals surface area contributed by atoms with Gasteiger partial charge < -0.3 is 14.8 Å². The largest absolute Gasteiger partial charge is 0.497 e. The van der Waals surface area contributed by atoms with Gasteiger partial charge in [-0.3, -0.25) is 15.6 Å². The van der Waals surface area contributed by atoms with Gasteiger partial charge in [-0.05, 0) is 67.7 Å². The first kappa shape index (κ1) is 17.6. The first-order valence-corrected chi connectivity index (χ1v) is 7.77. The molecule has 7 heteroatoms. The van der Waals surface area contributed by atoms with Gasteiger partial charge in [-0.1, -0.05) is 0 Å². The lowest BCUT2D eigenvalue weighted by Crippen LogP contribution is -2.43. The summed E-state index contributed by atoms with van der Waals surface area (Å²) in [5, 5.41) is 3.23. The van der Waals surface area contributed by atoms with Crippen LogP contribution < -0.4 is 25.6 Å². The third kappa shape index (κ3) is 5.13. The van der Waals surface area contributed by atoms with Crippen LogP contribution in [0.4, 0.5) is 5.69 Å². The molecule has 24 heavy (non-hydrogen) atoms. The van der Waals surface area contributed by atoms with E-state index in [4.69, 9.17) is 21.7 Å². The van der Waals surface area contributed by atoms with Gasteiger partial charge in [-0.2, -0.15) is 0 Å². The molecule has 0 saturated heterocycles. The monoisotopic (exact) mass is 345 g/mol. The predicted molar refractivity (Wildman–Crippen MR) is 97.4 cm³/mol. The molecule has 0 aromatic heterocycles. The summed E-state index contributed by atoms with van der Waals surface area (Å²) in [4.78, 5) is 12.0. The molecule has 0 spiro atoms. The van der Waals surface area contributed by atoms with Gasteiger partial charge in [0.25, 0.3) is 5.91 Å². The van der Waals surface area contributed by atoms with Crippen LogP contribution in [-0.4, -0.2) is 24.7 Å². The van der Waals surface area contributed by atoms with E-state index in [1.54, 1.807) is 31.4 Å². The summed E-state index contributed by atoms with van der Waals surface area (Å²) >= 11 is 5.13. The zero-order chi connectivity index (χ0) is 17.4. The summed E-state index contributed by atoms with van der Waals surface area (Å²) in [6.45, 7) is 2.49. The fourth-order valence-corrected chi connectivity index (χ4v) is 2.06. The zero-order valence-electron chi connectivity index (χ0n) is 13.5. The molecule has 0 heterocycles. The van der Waals surface area contributed by atoms with Gasteiger partial charge in [0.05, 0.1) is 13.7 Å². The first-order valence-electron chi connectivity index (χ1n) is 7.36. The van der Waals surface area contributed by atoms with Crippen molar-refractivity contribution in [2.75, 3.05) is 19.0 Å². The number of nitrogens with one attached hydrogen (secondary N) is 3. The fourth-order valence-electron chi connectivity index (χ4n) is 1.89. The van der Waals surface area contributed by atoms with E-state index in [-0.39, 0.29) is 11.0 Å². The van der Waals surface area contributed by atoms with Crippen molar-refractivity contribution in [3.63, 3.8) is 0 Å². The Morgan fingerprint density at radius 3 is 2.21 bits per heavy atom. The number of carbonyl (C=O) groups excluding carboxylic acids is 1. The summed E-state index contributed by atoms with van der Waals surface area (Å²) in [6, 6.07) is 14.1. The second kappa shape index (κ2) is 8.73. The van der Waals surface area contributed by atoms with E-state index in [1.807, 2.05) is 31.2 Å². The summed E-state index contributed by atoms with van der Waals surface area (Å²) in [6.07, 6.45) is 0. The van der Waals surface area contributed by atoms with Crippen LogP contribution in [0.25, 0.3) is 0 Å². The molecule has 0 aliphatic rings. The molecule has 0 unspecified atom stereocenters. The van der Waals surface area contributed by atoms with E-state index >= 15 is 0 Å². The van der Waals surface area contributed by atoms with Crippen molar-refractivity contribution in [3.05, 3.63) is 54.1 Å². The summed E-state index contributed by atoms with van der Waals surface area (Å²) < 4.78 is 10.4. The quantitative estimate of drug-likeness (QED) is 0.572. The lowest BCUT2D eigenvalue weighted by molar-refractivity contribution is 0.0944. The van der Waals surface area contributed by atoms with Gasteiger partial charge in [0.2, 0.25) is 0 Å². The molecule has 2 rings (SSSR count). The number of hydrogen-bond acceptors (Lipinski definition) is 4. The number of methoxy groups -OCH3 is 1. The highest BCUT2D eigenvalue weighted by Gasteiger charge is 2.06. The number of anilines is 1. The number of amides is 1. The van der Waals surface area contributed by atoms with Crippen LogP contribution in [0.1, 0.15) is 17.3 Å². The second-order valence-electron chi connectivity index (χ2n) is 4.72. The number of rotatable bonds is 5. The Kier molecular flexibility index (Phi) is 6.39. The maximum atomic E-state index is 12.0. The minimum absolute atomic E-state index is 0.277. The molecule has 0 radical (unpaired) electrons. The molecule has 1 amide bonds. The maximum absolute atomic E-state index is 12.0. The Morgan fingerprint density at radius 1 is 1.00 bits per heavy atom. The average molecular weight is 345 g/mol. The van der Waals surface area contributed by atoms with E-state index in [2.05, 4.69) is 16.2 Å². The molecular formula is C17H19N3O3S. The van der Waals surface area contributed by atoms with E-state index in [0.29, 0.717) is 12.2 Å². The highest BCUT2D eigenvalue weighted by molar-refractivity contribution is 7.80. The van der Waals surface area contributed by atoms with Crippen molar-refractivity contribution in [2.24, 2.45) is 0 Å². The summed E-state index contributed by atoms with van der Waals surface area (Å²) in [7, 11) is 1.60. The number of benzene rings is 2. The molecule has 0 fully saturated rings. The molecule has 0 atom stereocenters. The van der Waals surface area contributed by atoms with Crippen molar-refractivity contribution >= 4 is 28.9 Å². The number of carbonyl (C=O) groups is 1. The molecule has 126 valence electrons. The van der Waals surface area contributed by atoms with E-state index in [1.165, 1.54) is 0 Å². The Balaban J connectivity index is 1.82. The second-order valence-corrected chi connectivity index (χ2v) is 5.13. The molecule has 6 nitrogen and oxygen atoms in total.